The van der Waals surface area contributed by atoms with E-state index in [0.29, 0.717) is 0 Å². The van der Waals surface area contributed by atoms with Crippen LogP contribution in [0.15, 0.2) is 109 Å². The number of ketones is 1. The molecule has 1 aliphatic rings. The number of rotatable bonds is 9. The number of allylic oxidation sites excluding steroid dienone is 2. The van der Waals surface area contributed by atoms with Gasteiger partial charge in [0.05, 0.1) is 5.76 Å². The molecule has 0 spiro atoms. The van der Waals surface area contributed by atoms with Gasteiger partial charge in [-0.1, -0.05) is 132 Å². The van der Waals surface area contributed by atoms with Crippen molar-refractivity contribution in [3.8, 4) is 22.4 Å². The van der Waals surface area contributed by atoms with Crippen LogP contribution < -0.4 is 15.9 Å². The molecule has 1 radical (unpaired) electrons. The number of fused-ring (bicyclic) bond motifs is 4. The average Bonchev–Trinajstić information content (AvgIpc) is 3.38. The Bertz CT molecular complexity index is 2020. The van der Waals surface area contributed by atoms with Gasteiger partial charge in [0.15, 0.2) is 12.9 Å². The molecule has 1 atom stereocenters. The molecule has 0 saturated heterocycles. The van der Waals surface area contributed by atoms with Crippen molar-refractivity contribution in [2.45, 2.75) is 79.6 Å². The summed E-state index contributed by atoms with van der Waals surface area (Å²) in [6, 6.07) is 34.1. The minimum absolute atomic E-state index is 0. The Kier molecular flexibility index (Phi) is 13.0. The molecule has 50 heavy (non-hydrogen) atoms. The molecule has 4 nitrogen and oxygen atoms in total. The molecule has 4 aromatic carbocycles. The fourth-order valence-electron chi connectivity index (χ4n) is 6.95. The van der Waals surface area contributed by atoms with Gasteiger partial charge in [0.1, 0.15) is 0 Å². The molecule has 0 amide bonds. The molecule has 1 unspecified atom stereocenters. The van der Waals surface area contributed by atoms with Crippen molar-refractivity contribution < 1.29 is 34.6 Å². The van der Waals surface area contributed by atoms with E-state index in [0.717, 1.165) is 69.4 Å². The average molecular weight is 863 g/mol. The topological polar surface area (TPSA) is 67.3 Å². The van der Waals surface area contributed by atoms with Crippen molar-refractivity contribution in [2.75, 3.05) is 0 Å². The minimum Gasteiger partial charge on any atom is -0.512 e. The van der Waals surface area contributed by atoms with Crippen LogP contribution in [0.5, 0.6) is 0 Å². The van der Waals surface area contributed by atoms with Crippen molar-refractivity contribution in [2.24, 2.45) is 11.8 Å². The number of carbonyl (C=O) groups is 1. The van der Waals surface area contributed by atoms with Gasteiger partial charge in [-0.2, -0.15) is 0 Å². The number of nitrogens with zero attached hydrogens (tertiary/aromatic N) is 1. The van der Waals surface area contributed by atoms with Crippen molar-refractivity contribution in [3.05, 3.63) is 121 Å². The van der Waals surface area contributed by atoms with Crippen LogP contribution in [-0.2, 0) is 34.9 Å². The minimum atomic E-state index is -3.10. The van der Waals surface area contributed by atoms with Crippen LogP contribution in [0, 0.1) is 17.9 Å². The largest absolute Gasteiger partial charge is 0.512 e. The van der Waals surface area contributed by atoms with Crippen molar-refractivity contribution in [3.63, 3.8) is 0 Å². The maximum absolute atomic E-state index is 15.1. The van der Waals surface area contributed by atoms with E-state index in [1.54, 1.807) is 0 Å². The molecular weight excluding hydrogens is 814 g/mol. The third-order valence-corrected chi connectivity index (χ3v) is 13.0. The van der Waals surface area contributed by atoms with Gasteiger partial charge in [0, 0.05) is 65.8 Å². The van der Waals surface area contributed by atoms with Crippen LogP contribution in [0.1, 0.15) is 79.7 Å². The summed E-state index contributed by atoms with van der Waals surface area (Å²) in [7, 11) is -3.10. The van der Waals surface area contributed by atoms with Gasteiger partial charge in [-0.25, -0.2) is 0 Å². The molecule has 1 aliphatic heterocycles. The van der Waals surface area contributed by atoms with Gasteiger partial charge >= 0.3 is 0 Å². The van der Waals surface area contributed by atoms with Gasteiger partial charge in [0.2, 0.25) is 0 Å². The Morgan fingerprint density at radius 3 is 2.06 bits per heavy atom. The molecule has 6 heteroatoms. The van der Waals surface area contributed by atoms with Crippen LogP contribution in [0.25, 0.3) is 33.2 Å². The number of aliphatic hydroxyl groups excluding tert-OH is 1. The summed E-state index contributed by atoms with van der Waals surface area (Å²) >= 11 is 0. The number of aliphatic hydroxyl groups is 1. The van der Waals surface area contributed by atoms with E-state index < -0.39 is 7.14 Å². The number of hydrogen-bond acceptors (Lipinski definition) is 4. The molecule has 0 aliphatic carbocycles. The van der Waals surface area contributed by atoms with E-state index in [9.17, 15) is 9.90 Å². The zero-order valence-corrected chi connectivity index (χ0v) is 33.6. The molecule has 263 valence electrons. The van der Waals surface area contributed by atoms with Gasteiger partial charge in [0.25, 0.3) is 0 Å². The third-order valence-electron chi connectivity index (χ3n) is 9.81. The van der Waals surface area contributed by atoms with Crippen molar-refractivity contribution in [1.82, 2.24) is 4.98 Å². The van der Waals surface area contributed by atoms with Crippen LogP contribution in [0.4, 0.5) is 0 Å². The predicted molar refractivity (Wildman–Crippen MR) is 207 cm³/mol. The smallest absolute Gasteiger partial charge is 0.167 e. The van der Waals surface area contributed by atoms with Crippen LogP contribution in [0.3, 0.4) is 0 Å². The van der Waals surface area contributed by atoms with Gasteiger partial charge in [-0.15, -0.1) is 29.1 Å². The third kappa shape index (κ3) is 7.67. The molecule has 6 rings (SSSR count). The Labute approximate surface area is 312 Å². The first kappa shape index (κ1) is 39.2. The van der Waals surface area contributed by atoms with Crippen LogP contribution >= 0.6 is 7.14 Å². The first-order valence-corrected chi connectivity index (χ1v) is 19.4. The first-order chi connectivity index (χ1) is 23.5. The summed E-state index contributed by atoms with van der Waals surface area (Å²) < 4.78 is 15.1. The normalized spacial score (nSPS) is 15.3. The second-order valence-electron chi connectivity index (χ2n) is 13.9. The SMILES string of the molecule is CC(C)(C)c1cc(-c2nccc3c2P(=O)(c2ccccc2)c2ccccc2-3)[c-]c2ccccc12.CCC(CC)C(=O)/C=C(\O)C(CC)CC.[Ir]. The Morgan fingerprint density at radius 1 is 0.820 bits per heavy atom. The molecule has 1 N–H and O–H groups in total. The van der Waals surface area contributed by atoms with Gasteiger partial charge in [-0.3, -0.25) is 9.78 Å². The van der Waals surface area contributed by atoms with E-state index in [2.05, 4.69) is 57.2 Å². The first-order valence-electron chi connectivity index (χ1n) is 17.6. The second kappa shape index (κ2) is 16.6. The summed E-state index contributed by atoms with van der Waals surface area (Å²) in [6.07, 6.45) is 6.74. The van der Waals surface area contributed by atoms with Crippen molar-refractivity contribution in [1.29, 1.82) is 0 Å². The quantitative estimate of drug-likeness (QED) is 0.0681. The zero-order valence-electron chi connectivity index (χ0n) is 30.3. The summed E-state index contributed by atoms with van der Waals surface area (Å²) in [5, 5.41) is 14.6. The fourth-order valence-corrected chi connectivity index (χ4v) is 10.2. The maximum Gasteiger partial charge on any atom is 0.167 e. The van der Waals surface area contributed by atoms with E-state index in [4.69, 9.17) is 4.98 Å². The molecule has 0 bridgehead atoms. The number of pyridine rings is 1. The van der Waals surface area contributed by atoms with E-state index >= 15 is 4.57 Å². The Hall–Kier alpha value is -3.62. The van der Waals surface area contributed by atoms with Crippen LogP contribution in [-0.4, -0.2) is 15.9 Å². The summed E-state index contributed by atoms with van der Waals surface area (Å²) in [5.41, 5.74) is 4.87. The molecule has 1 aromatic heterocycles. The van der Waals surface area contributed by atoms with E-state index in [1.165, 1.54) is 17.0 Å². The summed E-state index contributed by atoms with van der Waals surface area (Å²) in [5.74, 6) is 0.547. The predicted octanol–water partition coefficient (Wildman–Crippen LogP) is 10.5. The standard InChI is InChI=1S/C31H25NOP.C13H24O2.Ir/c1-31(2,3)27-20-22(19-21-11-7-8-14-24(21)27)29-30-26(17-18-32-29)25-15-9-10-16-28(25)34(30,33)23-12-5-4-6-13-23;1-5-10(6-2)12(14)9-13(15)11(7-3)8-4;/h4-18,20H,1-3H3;9-11,14H,5-8H2,1-4H3;/q-1;;/b;12-9-;. The monoisotopic (exact) mass is 863 g/mol. The molecule has 0 saturated carbocycles. The van der Waals surface area contributed by atoms with E-state index in [1.807, 2.05) is 94.6 Å². The fraction of sp³-hybridized carbons (Fsp3) is 0.318. The van der Waals surface area contributed by atoms with Gasteiger partial charge < -0.3 is 9.67 Å². The Morgan fingerprint density at radius 2 is 1.42 bits per heavy atom. The molecular formula is C44H49IrNO3P-. The maximum atomic E-state index is 15.1. The zero-order chi connectivity index (χ0) is 35.3. The van der Waals surface area contributed by atoms with Crippen LogP contribution in [0.2, 0.25) is 0 Å². The summed E-state index contributed by atoms with van der Waals surface area (Å²) in [4.78, 5) is 16.6. The summed E-state index contributed by atoms with van der Waals surface area (Å²) in [6.45, 7) is 14.8. The number of carbonyl (C=O) groups excluding carboxylic acids is 1. The Balaban J connectivity index is 0.000000301. The number of hydrogen-bond donors (Lipinski definition) is 1. The number of benzene rings is 4. The second-order valence-corrected chi connectivity index (χ2v) is 16.6. The molecule has 2 heterocycles. The molecule has 0 fully saturated rings. The van der Waals surface area contributed by atoms with Gasteiger partial charge in [-0.05, 0) is 48.3 Å². The van der Waals surface area contributed by atoms with E-state index in [-0.39, 0.29) is 48.9 Å². The number of aromatic nitrogens is 1. The van der Waals surface area contributed by atoms with Crippen molar-refractivity contribution >= 4 is 39.6 Å². The molecule has 5 aromatic rings.